The lowest BCUT2D eigenvalue weighted by Gasteiger charge is -2.18. The number of fused-ring (bicyclic) bond motifs is 1. The number of hydrogen-bond donors (Lipinski definition) is 1. The van der Waals surface area contributed by atoms with Crippen molar-refractivity contribution in [3.8, 4) is 5.75 Å². The third kappa shape index (κ3) is 2.37. The number of rotatable bonds is 3. The van der Waals surface area contributed by atoms with Crippen molar-refractivity contribution < 1.29 is 4.74 Å². The molecular weight excluding hydrogens is 248 g/mol. The average Bonchev–Trinajstić information content (AvgIpc) is 2.94. The molecule has 1 aliphatic heterocycles. The predicted molar refractivity (Wildman–Crippen MR) is 82.4 cm³/mol. The summed E-state index contributed by atoms with van der Waals surface area (Å²) in [7, 11) is 4.08. The van der Waals surface area contributed by atoms with E-state index in [0.717, 1.165) is 29.9 Å². The molecule has 104 valence electrons. The first-order chi connectivity index (χ1) is 9.65. The van der Waals surface area contributed by atoms with E-state index in [1.54, 1.807) is 0 Å². The highest BCUT2D eigenvalue weighted by Crippen LogP contribution is 2.30. The number of hydrogen-bond acceptors (Lipinski definition) is 3. The molecule has 20 heavy (non-hydrogen) atoms. The van der Waals surface area contributed by atoms with Crippen molar-refractivity contribution in [3.05, 3.63) is 59.2 Å². The van der Waals surface area contributed by atoms with Crippen molar-refractivity contribution in [1.29, 1.82) is 0 Å². The van der Waals surface area contributed by atoms with Gasteiger partial charge in [-0.05, 0) is 34.9 Å². The molecule has 0 radical (unpaired) electrons. The van der Waals surface area contributed by atoms with Gasteiger partial charge in [0, 0.05) is 26.2 Å². The number of benzene rings is 2. The van der Waals surface area contributed by atoms with Crippen molar-refractivity contribution in [2.24, 2.45) is 5.73 Å². The summed E-state index contributed by atoms with van der Waals surface area (Å²) >= 11 is 0. The van der Waals surface area contributed by atoms with Crippen molar-refractivity contribution in [1.82, 2.24) is 0 Å². The number of anilines is 1. The highest BCUT2D eigenvalue weighted by atomic mass is 16.5. The molecule has 1 aliphatic rings. The van der Waals surface area contributed by atoms with E-state index in [4.69, 9.17) is 10.5 Å². The fourth-order valence-electron chi connectivity index (χ4n) is 2.59. The first-order valence-corrected chi connectivity index (χ1v) is 6.93. The van der Waals surface area contributed by atoms with Crippen LogP contribution in [0.5, 0.6) is 5.75 Å². The number of ether oxygens (including phenoxy) is 1. The molecule has 0 amide bonds. The third-order valence-corrected chi connectivity index (χ3v) is 3.82. The molecule has 0 aromatic heterocycles. The topological polar surface area (TPSA) is 38.5 Å². The molecule has 2 aromatic rings. The Morgan fingerprint density at radius 2 is 1.90 bits per heavy atom. The first-order valence-electron chi connectivity index (χ1n) is 6.93. The molecule has 1 unspecified atom stereocenters. The second-order valence-electron chi connectivity index (χ2n) is 5.43. The van der Waals surface area contributed by atoms with Crippen LogP contribution in [-0.2, 0) is 6.42 Å². The van der Waals surface area contributed by atoms with E-state index in [2.05, 4.69) is 41.3 Å². The normalized spacial score (nSPS) is 14.6. The van der Waals surface area contributed by atoms with Gasteiger partial charge in [-0.2, -0.15) is 0 Å². The second-order valence-corrected chi connectivity index (χ2v) is 5.43. The fraction of sp³-hybridized carbons (Fsp3) is 0.294. The van der Waals surface area contributed by atoms with E-state index in [0.29, 0.717) is 0 Å². The van der Waals surface area contributed by atoms with Crippen LogP contribution in [0.1, 0.15) is 22.7 Å². The molecule has 0 saturated heterocycles. The smallest absolute Gasteiger partial charge is 0.122 e. The molecule has 2 aromatic carbocycles. The van der Waals surface area contributed by atoms with E-state index >= 15 is 0 Å². The summed E-state index contributed by atoms with van der Waals surface area (Å²) in [4.78, 5) is 2.09. The van der Waals surface area contributed by atoms with Gasteiger partial charge in [-0.1, -0.05) is 24.3 Å². The van der Waals surface area contributed by atoms with E-state index in [9.17, 15) is 0 Å². The van der Waals surface area contributed by atoms with Crippen molar-refractivity contribution in [2.75, 3.05) is 25.6 Å². The largest absolute Gasteiger partial charge is 0.493 e. The molecule has 0 aliphatic carbocycles. The Hall–Kier alpha value is -2.00. The van der Waals surface area contributed by atoms with Gasteiger partial charge in [0.25, 0.3) is 0 Å². The molecule has 1 atom stereocenters. The van der Waals surface area contributed by atoms with Gasteiger partial charge < -0.3 is 15.4 Å². The maximum absolute atomic E-state index is 6.42. The lowest BCUT2D eigenvalue weighted by Crippen LogP contribution is -2.14. The van der Waals surface area contributed by atoms with Gasteiger partial charge in [-0.15, -0.1) is 0 Å². The molecule has 2 N–H and O–H groups in total. The van der Waals surface area contributed by atoms with Crippen molar-refractivity contribution >= 4 is 5.69 Å². The van der Waals surface area contributed by atoms with E-state index < -0.39 is 0 Å². The van der Waals surface area contributed by atoms with Gasteiger partial charge in [0.15, 0.2) is 0 Å². The molecular formula is C17H20N2O. The molecule has 0 bridgehead atoms. The van der Waals surface area contributed by atoms with Gasteiger partial charge in [-0.25, -0.2) is 0 Å². The summed E-state index contributed by atoms with van der Waals surface area (Å²) in [5.74, 6) is 1.00. The molecule has 3 heteroatoms. The lowest BCUT2D eigenvalue weighted by molar-refractivity contribution is 0.357. The lowest BCUT2D eigenvalue weighted by atomic mass is 9.97. The Morgan fingerprint density at radius 3 is 2.70 bits per heavy atom. The summed E-state index contributed by atoms with van der Waals surface area (Å²) in [5.41, 5.74) is 11.1. The van der Waals surface area contributed by atoms with Gasteiger partial charge in [0.05, 0.1) is 12.6 Å². The average molecular weight is 268 g/mol. The Morgan fingerprint density at radius 1 is 1.10 bits per heavy atom. The maximum Gasteiger partial charge on any atom is 0.122 e. The molecule has 0 fully saturated rings. The highest BCUT2D eigenvalue weighted by molar-refractivity contribution is 5.50. The molecule has 0 saturated carbocycles. The van der Waals surface area contributed by atoms with Gasteiger partial charge in [-0.3, -0.25) is 0 Å². The molecule has 3 nitrogen and oxygen atoms in total. The summed E-state index contributed by atoms with van der Waals surface area (Å²) < 4.78 is 5.54. The minimum atomic E-state index is -0.0965. The van der Waals surface area contributed by atoms with Gasteiger partial charge in [0.2, 0.25) is 0 Å². The Labute approximate surface area is 120 Å². The van der Waals surface area contributed by atoms with Crippen molar-refractivity contribution in [3.63, 3.8) is 0 Å². The zero-order valence-corrected chi connectivity index (χ0v) is 12.0. The quantitative estimate of drug-likeness (QED) is 0.930. The van der Waals surface area contributed by atoms with Crippen LogP contribution in [0.25, 0.3) is 0 Å². The summed E-state index contributed by atoms with van der Waals surface area (Å²) in [6, 6.07) is 14.6. The van der Waals surface area contributed by atoms with Crippen LogP contribution in [-0.4, -0.2) is 20.7 Å². The Kier molecular flexibility index (Phi) is 3.36. The first kappa shape index (κ1) is 13.0. The van der Waals surface area contributed by atoms with Crippen LogP contribution >= 0.6 is 0 Å². The monoisotopic (exact) mass is 268 g/mol. The molecule has 3 rings (SSSR count). The SMILES string of the molecule is CN(C)c1cccc(C(N)c2ccc3c(c2)CCO3)c1. The molecule has 0 spiro atoms. The number of nitrogens with two attached hydrogens (primary N) is 1. The second kappa shape index (κ2) is 5.17. The van der Waals surface area contributed by atoms with Crippen LogP contribution < -0.4 is 15.4 Å². The zero-order chi connectivity index (χ0) is 14.1. The van der Waals surface area contributed by atoms with Crippen LogP contribution in [0, 0.1) is 0 Å². The highest BCUT2D eigenvalue weighted by Gasteiger charge is 2.16. The van der Waals surface area contributed by atoms with Crippen LogP contribution in [0.15, 0.2) is 42.5 Å². The fourth-order valence-corrected chi connectivity index (χ4v) is 2.59. The van der Waals surface area contributed by atoms with Gasteiger partial charge >= 0.3 is 0 Å². The third-order valence-electron chi connectivity index (χ3n) is 3.82. The predicted octanol–water partition coefficient (Wildman–Crippen LogP) is 2.74. The standard InChI is InChI=1S/C17H20N2O/c1-19(2)15-5-3-4-13(11-15)17(18)14-6-7-16-12(10-14)8-9-20-16/h3-7,10-11,17H,8-9,18H2,1-2H3. The minimum absolute atomic E-state index is 0.0965. The summed E-state index contributed by atoms with van der Waals surface area (Å²) in [6.45, 7) is 0.782. The van der Waals surface area contributed by atoms with E-state index in [1.807, 2.05) is 20.2 Å². The van der Waals surface area contributed by atoms with Gasteiger partial charge in [0.1, 0.15) is 5.75 Å². The van der Waals surface area contributed by atoms with Crippen LogP contribution in [0.4, 0.5) is 5.69 Å². The minimum Gasteiger partial charge on any atom is -0.493 e. The zero-order valence-electron chi connectivity index (χ0n) is 12.0. The van der Waals surface area contributed by atoms with E-state index in [1.165, 1.54) is 11.3 Å². The Bertz CT molecular complexity index is 622. The van der Waals surface area contributed by atoms with Crippen LogP contribution in [0.2, 0.25) is 0 Å². The van der Waals surface area contributed by atoms with E-state index in [-0.39, 0.29) is 6.04 Å². The number of nitrogens with zero attached hydrogens (tertiary/aromatic N) is 1. The summed E-state index contributed by atoms with van der Waals surface area (Å²) in [6.07, 6.45) is 0.980. The maximum atomic E-state index is 6.42. The van der Waals surface area contributed by atoms with Crippen LogP contribution in [0.3, 0.4) is 0 Å². The Balaban J connectivity index is 1.92. The van der Waals surface area contributed by atoms with Crippen molar-refractivity contribution in [2.45, 2.75) is 12.5 Å². The summed E-state index contributed by atoms with van der Waals surface area (Å²) in [5, 5.41) is 0. The molecule has 1 heterocycles.